The molecule has 0 spiro atoms. The van der Waals surface area contributed by atoms with Crippen LogP contribution in [0, 0.1) is 5.92 Å². The number of likely N-dealkylation sites (N-methyl/N-ethyl adjacent to an activating group) is 1. The molecule has 2 heterocycles. The lowest BCUT2D eigenvalue weighted by Crippen LogP contribution is -2.50. The Bertz CT molecular complexity index is 572. The molecule has 2 aliphatic heterocycles. The zero-order valence-electron chi connectivity index (χ0n) is 12.4. The Morgan fingerprint density at radius 2 is 2.00 bits per heavy atom. The normalized spacial score (nSPS) is 25.7. The number of para-hydroxylation sites is 2. The van der Waals surface area contributed by atoms with E-state index in [0.717, 1.165) is 24.2 Å². The zero-order valence-corrected chi connectivity index (χ0v) is 12.4. The SMILES string of the molecule is CC1OCCCC1C(=O)N1CC(=O)N(C)c2ccccc21. The number of nitrogens with zero attached hydrogens (tertiary/aromatic N) is 2. The molecule has 2 unspecified atom stereocenters. The number of anilines is 2. The van der Waals surface area contributed by atoms with Crippen molar-refractivity contribution in [2.24, 2.45) is 5.92 Å². The molecule has 1 aromatic carbocycles. The van der Waals surface area contributed by atoms with Crippen LogP contribution in [0.25, 0.3) is 0 Å². The molecule has 0 aromatic heterocycles. The lowest BCUT2D eigenvalue weighted by atomic mass is 9.93. The van der Waals surface area contributed by atoms with Crippen LogP contribution in [-0.4, -0.2) is 38.1 Å². The van der Waals surface area contributed by atoms with Gasteiger partial charge in [0.2, 0.25) is 11.8 Å². The first-order valence-corrected chi connectivity index (χ1v) is 7.38. The number of ether oxygens (including phenoxy) is 1. The zero-order chi connectivity index (χ0) is 15.0. The summed E-state index contributed by atoms with van der Waals surface area (Å²) in [6.45, 7) is 2.75. The van der Waals surface area contributed by atoms with Gasteiger partial charge in [-0.1, -0.05) is 12.1 Å². The van der Waals surface area contributed by atoms with Crippen LogP contribution in [0.1, 0.15) is 19.8 Å². The number of carbonyl (C=O) groups is 2. The van der Waals surface area contributed by atoms with Gasteiger partial charge >= 0.3 is 0 Å². The fraction of sp³-hybridized carbons (Fsp3) is 0.500. The van der Waals surface area contributed by atoms with E-state index in [4.69, 9.17) is 4.74 Å². The second kappa shape index (κ2) is 5.48. The van der Waals surface area contributed by atoms with Crippen LogP contribution in [0.5, 0.6) is 0 Å². The maximum atomic E-state index is 12.9. The summed E-state index contributed by atoms with van der Waals surface area (Å²) < 4.78 is 5.60. The molecule has 0 aliphatic carbocycles. The van der Waals surface area contributed by atoms with E-state index < -0.39 is 0 Å². The van der Waals surface area contributed by atoms with E-state index in [9.17, 15) is 9.59 Å². The molecule has 112 valence electrons. The molecule has 0 radical (unpaired) electrons. The lowest BCUT2D eigenvalue weighted by Gasteiger charge is -2.38. The van der Waals surface area contributed by atoms with Crippen LogP contribution in [0.3, 0.4) is 0 Å². The standard InChI is InChI=1S/C16H20N2O3/c1-11-12(6-5-9-21-11)16(20)18-10-15(19)17(2)13-7-3-4-8-14(13)18/h3-4,7-8,11-12H,5-6,9-10H2,1-2H3. The lowest BCUT2D eigenvalue weighted by molar-refractivity contribution is -0.132. The van der Waals surface area contributed by atoms with Gasteiger partial charge in [-0.05, 0) is 31.9 Å². The maximum Gasteiger partial charge on any atom is 0.246 e. The summed E-state index contributed by atoms with van der Waals surface area (Å²) >= 11 is 0. The van der Waals surface area contributed by atoms with E-state index in [1.54, 1.807) is 16.8 Å². The molecule has 1 fully saturated rings. The third-order valence-corrected chi connectivity index (χ3v) is 4.39. The first-order chi connectivity index (χ1) is 10.1. The second-order valence-corrected chi connectivity index (χ2v) is 5.69. The molecular formula is C16H20N2O3. The van der Waals surface area contributed by atoms with Crippen LogP contribution >= 0.6 is 0 Å². The van der Waals surface area contributed by atoms with E-state index in [2.05, 4.69) is 0 Å². The molecule has 2 aliphatic rings. The van der Waals surface area contributed by atoms with Crippen molar-refractivity contribution in [3.05, 3.63) is 24.3 Å². The smallest absolute Gasteiger partial charge is 0.246 e. The highest BCUT2D eigenvalue weighted by molar-refractivity contribution is 6.11. The van der Waals surface area contributed by atoms with Gasteiger partial charge < -0.3 is 14.5 Å². The number of hydrogen-bond acceptors (Lipinski definition) is 3. The average Bonchev–Trinajstić information content (AvgIpc) is 2.51. The number of carbonyl (C=O) groups excluding carboxylic acids is 2. The monoisotopic (exact) mass is 288 g/mol. The van der Waals surface area contributed by atoms with Gasteiger partial charge in [0.25, 0.3) is 0 Å². The summed E-state index contributed by atoms with van der Waals surface area (Å²) in [5.74, 6) is -0.231. The first kappa shape index (κ1) is 14.1. The Morgan fingerprint density at radius 3 is 2.71 bits per heavy atom. The molecule has 5 heteroatoms. The van der Waals surface area contributed by atoms with Crippen molar-refractivity contribution >= 4 is 23.2 Å². The van der Waals surface area contributed by atoms with Gasteiger partial charge in [0, 0.05) is 13.7 Å². The number of benzene rings is 1. The van der Waals surface area contributed by atoms with E-state index in [0.29, 0.717) is 6.61 Å². The molecular weight excluding hydrogens is 268 g/mol. The predicted molar refractivity (Wildman–Crippen MR) is 80.3 cm³/mol. The minimum absolute atomic E-state index is 0.00361. The second-order valence-electron chi connectivity index (χ2n) is 5.69. The molecule has 1 aromatic rings. The van der Waals surface area contributed by atoms with Gasteiger partial charge in [0.15, 0.2) is 0 Å². The third-order valence-electron chi connectivity index (χ3n) is 4.39. The van der Waals surface area contributed by atoms with Crippen LogP contribution < -0.4 is 9.80 Å². The quantitative estimate of drug-likeness (QED) is 0.792. The third kappa shape index (κ3) is 2.42. The Morgan fingerprint density at radius 1 is 1.29 bits per heavy atom. The highest BCUT2D eigenvalue weighted by atomic mass is 16.5. The van der Waals surface area contributed by atoms with Crippen LogP contribution in [0.4, 0.5) is 11.4 Å². The molecule has 2 amide bonds. The predicted octanol–water partition coefficient (Wildman–Crippen LogP) is 1.81. The molecule has 0 N–H and O–H groups in total. The Balaban J connectivity index is 1.93. The minimum Gasteiger partial charge on any atom is -0.378 e. The molecule has 0 saturated carbocycles. The van der Waals surface area contributed by atoms with Crippen molar-refractivity contribution in [3.8, 4) is 0 Å². The Hall–Kier alpha value is -1.88. The minimum atomic E-state index is -0.164. The summed E-state index contributed by atoms with van der Waals surface area (Å²) in [6.07, 6.45) is 1.63. The van der Waals surface area contributed by atoms with E-state index >= 15 is 0 Å². The van der Waals surface area contributed by atoms with Crippen molar-refractivity contribution in [1.29, 1.82) is 0 Å². The van der Waals surface area contributed by atoms with Gasteiger partial charge in [0.05, 0.1) is 23.4 Å². The highest BCUT2D eigenvalue weighted by Crippen LogP contribution is 2.34. The molecule has 1 saturated heterocycles. The Labute approximate surface area is 124 Å². The first-order valence-electron chi connectivity index (χ1n) is 7.38. The molecule has 21 heavy (non-hydrogen) atoms. The largest absolute Gasteiger partial charge is 0.378 e. The summed E-state index contributed by atoms with van der Waals surface area (Å²) in [5, 5.41) is 0. The van der Waals surface area contributed by atoms with Gasteiger partial charge in [-0.2, -0.15) is 0 Å². The van der Waals surface area contributed by atoms with Gasteiger partial charge in [-0.3, -0.25) is 9.59 Å². The van der Waals surface area contributed by atoms with Crippen LogP contribution in [-0.2, 0) is 14.3 Å². The van der Waals surface area contributed by atoms with Gasteiger partial charge in [-0.15, -0.1) is 0 Å². The summed E-state index contributed by atoms with van der Waals surface area (Å²) in [6, 6.07) is 7.53. The number of amides is 2. The molecule has 0 bridgehead atoms. The van der Waals surface area contributed by atoms with Crippen molar-refractivity contribution in [2.45, 2.75) is 25.9 Å². The van der Waals surface area contributed by atoms with Gasteiger partial charge in [-0.25, -0.2) is 0 Å². The Kier molecular flexibility index (Phi) is 3.68. The van der Waals surface area contributed by atoms with E-state index in [1.807, 2.05) is 31.2 Å². The fourth-order valence-corrected chi connectivity index (χ4v) is 3.08. The summed E-state index contributed by atoms with van der Waals surface area (Å²) in [5.41, 5.74) is 1.59. The average molecular weight is 288 g/mol. The van der Waals surface area contributed by atoms with Crippen molar-refractivity contribution < 1.29 is 14.3 Å². The summed E-state index contributed by atoms with van der Waals surface area (Å²) in [7, 11) is 1.75. The molecule has 5 nitrogen and oxygen atoms in total. The van der Waals surface area contributed by atoms with E-state index in [1.165, 1.54) is 0 Å². The van der Waals surface area contributed by atoms with Crippen molar-refractivity contribution in [3.63, 3.8) is 0 Å². The molecule has 3 rings (SSSR count). The van der Waals surface area contributed by atoms with Gasteiger partial charge in [0.1, 0.15) is 6.54 Å². The number of fused-ring (bicyclic) bond motifs is 1. The highest BCUT2D eigenvalue weighted by Gasteiger charge is 2.37. The number of rotatable bonds is 1. The summed E-state index contributed by atoms with van der Waals surface area (Å²) in [4.78, 5) is 28.2. The van der Waals surface area contributed by atoms with Crippen LogP contribution in [0.2, 0.25) is 0 Å². The van der Waals surface area contributed by atoms with E-state index in [-0.39, 0.29) is 30.4 Å². The van der Waals surface area contributed by atoms with Crippen LogP contribution in [0.15, 0.2) is 24.3 Å². The van der Waals surface area contributed by atoms with Crippen molar-refractivity contribution in [1.82, 2.24) is 0 Å². The molecule has 2 atom stereocenters. The number of hydrogen-bond donors (Lipinski definition) is 0. The maximum absolute atomic E-state index is 12.9. The fourth-order valence-electron chi connectivity index (χ4n) is 3.08. The topological polar surface area (TPSA) is 49.9 Å². The van der Waals surface area contributed by atoms with Crippen molar-refractivity contribution in [2.75, 3.05) is 30.0 Å².